The van der Waals surface area contributed by atoms with E-state index in [1.54, 1.807) is 12.1 Å². The van der Waals surface area contributed by atoms with Gasteiger partial charge in [0.05, 0.1) is 36.9 Å². The van der Waals surface area contributed by atoms with E-state index in [-0.39, 0.29) is 49.1 Å². The molecule has 0 unspecified atom stereocenters. The number of carbonyl (C=O) groups is 3. The number of ether oxygens (including phenoxy) is 1. The van der Waals surface area contributed by atoms with Gasteiger partial charge in [0.2, 0.25) is 0 Å². The fourth-order valence-electron chi connectivity index (χ4n) is 2.66. The Morgan fingerprint density at radius 3 is 2.04 bits per heavy atom. The van der Waals surface area contributed by atoms with Crippen LogP contribution < -0.4 is 9.64 Å². The Labute approximate surface area is 174 Å². The van der Waals surface area contributed by atoms with Crippen LogP contribution in [0.25, 0.3) is 0 Å². The molecular weight excluding hydrogens is 436 g/mol. The average Bonchev–Trinajstić information content (AvgIpc) is 2.89. The van der Waals surface area contributed by atoms with Crippen molar-refractivity contribution in [2.24, 2.45) is 0 Å². The number of imide groups is 1. The van der Waals surface area contributed by atoms with Crippen LogP contribution in [0.15, 0.2) is 24.3 Å². The van der Waals surface area contributed by atoms with E-state index in [4.69, 9.17) is 51.1 Å². The highest BCUT2D eigenvalue weighted by molar-refractivity contribution is 6.56. The number of anilines is 1. The predicted molar refractivity (Wildman–Crippen MR) is 105 cm³/mol. The molecule has 27 heavy (non-hydrogen) atoms. The number of halogens is 4. The van der Waals surface area contributed by atoms with Crippen molar-refractivity contribution in [1.29, 1.82) is 0 Å². The number of nitrogens with zero attached hydrogens (tertiary/aromatic N) is 1. The van der Waals surface area contributed by atoms with Gasteiger partial charge in [-0.15, -0.1) is 0 Å². The maximum absolute atomic E-state index is 12.8. The molecular formula is C18H11Cl4NO4. The Kier molecular flexibility index (Phi) is 5.68. The largest absolute Gasteiger partial charge is 0.426 e. The van der Waals surface area contributed by atoms with Gasteiger partial charge in [0.1, 0.15) is 5.75 Å². The van der Waals surface area contributed by atoms with Gasteiger partial charge in [0.25, 0.3) is 11.8 Å². The summed E-state index contributed by atoms with van der Waals surface area (Å²) in [4.78, 5) is 38.2. The average molecular weight is 447 g/mol. The zero-order chi connectivity index (χ0) is 19.9. The molecule has 1 heterocycles. The summed E-state index contributed by atoms with van der Waals surface area (Å²) >= 11 is 24.2. The summed E-state index contributed by atoms with van der Waals surface area (Å²) in [5.41, 5.74) is -0.0359. The van der Waals surface area contributed by atoms with E-state index >= 15 is 0 Å². The number of rotatable bonds is 4. The summed E-state index contributed by atoms with van der Waals surface area (Å²) in [6.45, 7) is 1.85. The fourth-order valence-corrected chi connectivity index (χ4v) is 3.67. The number of benzene rings is 2. The van der Waals surface area contributed by atoms with E-state index in [0.29, 0.717) is 6.42 Å². The second-order valence-electron chi connectivity index (χ2n) is 5.67. The Hall–Kier alpha value is -1.79. The molecule has 2 aromatic carbocycles. The number of hydrogen-bond acceptors (Lipinski definition) is 4. The standard InChI is InChI=1S/C18H11Cl4NO4/c1-2-4-10(24)27-9-6-3-5-8(7-9)23-17(25)11-12(18(23)26)14(20)16(22)15(21)13(11)19/h3,5-7H,2,4H2,1H3. The van der Waals surface area contributed by atoms with Crippen LogP contribution in [0.1, 0.15) is 40.5 Å². The number of esters is 1. The molecule has 0 fully saturated rings. The minimum Gasteiger partial charge on any atom is -0.426 e. The molecule has 1 aliphatic rings. The SMILES string of the molecule is CCCC(=O)Oc1cccc(N2C(=O)c3c(Cl)c(Cl)c(Cl)c(Cl)c3C2=O)c1. The molecule has 0 atom stereocenters. The van der Waals surface area contributed by atoms with E-state index < -0.39 is 17.8 Å². The van der Waals surface area contributed by atoms with Crippen LogP contribution in [0.3, 0.4) is 0 Å². The molecule has 0 aliphatic carbocycles. The van der Waals surface area contributed by atoms with Gasteiger partial charge < -0.3 is 4.74 Å². The Bertz CT molecular complexity index is 943. The number of fused-ring (bicyclic) bond motifs is 1. The Balaban J connectivity index is 2.04. The maximum atomic E-state index is 12.8. The lowest BCUT2D eigenvalue weighted by atomic mass is 10.1. The minimum absolute atomic E-state index is 0.104. The lowest BCUT2D eigenvalue weighted by Crippen LogP contribution is -2.29. The van der Waals surface area contributed by atoms with E-state index in [1.165, 1.54) is 12.1 Å². The van der Waals surface area contributed by atoms with Crippen molar-refractivity contribution in [2.75, 3.05) is 4.90 Å². The van der Waals surface area contributed by atoms with Gasteiger partial charge >= 0.3 is 5.97 Å². The summed E-state index contributed by atoms with van der Waals surface area (Å²) < 4.78 is 5.21. The maximum Gasteiger partial charge on any atom is 0.311 e. The first-order valence-corrected chi connectivity index (χ1v) is 9.34. The molecule has 140 valence electrons. The first-order valence-electron chi connectivity index (χ1n) is 7.83. The lowest BCUT2D eigenvalue weighted by molar-refractivity contribution is -0.134. The first kappa shape index (κ1) is 20.0. The third-order valence-electron chi connectivity index (χ3n) is 3.86. The predicted octanol–water partition coefficient (Wildman–Crippen LogP) is 5.81. The van der Waals surface area contributed by atoms with Crippen molar-refractivity contribution in [1.82, 2.24) is 0 Å². The molecule has 9 heteroatoms. The highest BCUT2D eigenvalue weighted by atomic mass is 35.5. The highest BCUT2D eigenvalue weighted by Gasteiger charge is 2.42. The molecule has 0 radical (unpaired) electrons. The fraction of sp³-hybridized carbons (Fsp3) is 0.167. The van der Waals surface area contributed by atoms with E-state index in [9.17, 15) is 14.4 Å². The second-order valence-corrected chi connectivity index (χ2v) is 7.18. The summed E-state index contributed by atoms with van der Waals surface area (Å²) in [5.74, 6) is -1.60. The third kappa shape index (κ3) is 3.41. The van der Waals surface area contributed by atoms with Gasteiger partial charge in [-0.1, -0.05) is 59.4 Å². The van der Waals surface area contributed by atoms with Gasteiger partial charge in [-0.05, 0) is 18.6 Å². The molecule has 0 saturated heterocycles. The van der Waals surface area contributed by atoms with Crippen molar-refractivity contribution in [3.63, 3.8) is 0 Å². The summed E-state index contributed by atoms with van der Waals surface area (Å²) in [6, 6.07) is 6.02. The Morgan fingerprint density at radius 1 is 0.963 bits per heavy atom. The van der Waals surface area contributed by atoms with Crippen LogP contribution in [-0.2, 0) is 4.79 Å². The minimum atomic E-state index is -0.697. The molecule has 3 rings (SSSR count). The van der Waals surface area contributed by atoms with Crippen LogP contribution in [0.4, 0.5) is 5.69 Å². The lowest BCUT2D eigenvalue weighted by Gasteiger charge is -2.15. The number of hydrogen-bond donors (Lipinski definition) is 0. The normalized spacial score (nSPS) is 13.1. The summed E-state index contributed by atoms with van der Waals surface area (Å²) in [5, 5.41) is -0.500. The molecule has 5 nitrogen and oxygen atoms in total. The van der Waals surface area contributed by atoms with Crippen LogP contribution in [-0.4, -0.2) is 17.8 Å². The smallest absolute Gasteiger partial charge is 0.311 e. The topological polar surface area (TPSA) is 63.7 Å². The molecule has 0 aromatic heterocycles. The van der Waals surface area contributed by atoms with Crippen molar-refractivity contribution in [3.8, 4) is 5.75 Å². The van der Waals surface area contributed by atoms with Crippen LogP contribution >= 0.6 is 46.4 Å². The summed E-state index contributed by atoms with van der Waals surface area (Å²) in [7, 11) is 0. The van der Waals surface area contributed by atoms with Crippen molar-refractivity contribution in [3.05, 3.63) is 55.5 Å². The molecule has 2 amide bonds. The zero-order valence-corrected chi connectivity index (χ0v) is 16.8. The van der Waals surface area contributed by atoms with Crippen LogP contribution in [0.5, 0.6) is 5.75 Å². The number of carbonyl (C=O) groups excluding carboxylic acids is 3. The van der Waals surface area contributed by atoms with Crippen LogP contribution in [0.2, 0.25) is 20.1 Å². The summed E-state index contributed by atoms with van der Waals surface area (Å²) in [6.07, 6.45) is 0.884. The molecule has 0 spiro atoms. The molecule has 1 aliphatic heterocycles. The second kappa shape index (κ2) is 7.68. The third-order valence-corrected chi connectivity index (χ3v) is 5.66. The van der Waals surface area contributed by atoms with Crippen molar-refractivity contribution in [2.45, 2.75) is 19.8 Å². The zero-order valence-electron chi connectivity index (χ0n) is 13.8. The molecule has 0 N–H and O–H groups in total. The monoisotopic (exact) mass is 445 g/mol. The molecule has 0 bridgehead atoms. The van der Waals surface area contributed by atoms with Gasteiger partial charge in [-0.2, -0.15) is 0 Å². The van der Waals surface area contributed by atoms with Gasteiger partial charge in [-0.3, -0.25) is 14.4 Å². The van der Waals surface area contributed by atoms with E-state index in [0.717, 1.165) is 4.90 Å². The first-order chi connectivity index (χ1) is 12.8. The van der Waals surface area contributed by atoms with Crippen molar-refractivity contribution >= 4 is 69.9 Å². The van der Waals surface area contributed by atoms with Gasteiger partial charge in [0.15, 0.2) is 0 Å². The van der Waals surface area contributed by atoms with Crippen molar-refractivity contribution < 1.29 is 19.1 Å². The van der Waals surface area contributed by atoms with Gasteiger partial charge in [-0.25, -0.2) is 4.90 Å². The van der Waals surface area contributed by atoms with E-state index in [2.05, 4.69) is 0 Å². The van der Waals surface area contributed by atoms with E-state index in [1.807, 2.05) is 6.92 Å². The van der Waals surface area contributed by atoms with Gasteiger partial charge in [0, 0.05) is 12.5 Å². The van der Waals surface area contributed by atoms with Crippen LogP contribution in [0, 0.1) is 0 Å². The molecule has 2 aromatic rings. The molecule has 0 saturated carbocycles. The quantitative estimate of drug-likeness (QED) is 0.195. The highest BCUT2D eigenvalue weighted by Crippen LogP contribution is 2.45. The number of amides is 2. The Morgan fingerprint density at radius 2 is 1.52 bits per heavy atom.